The SMILES string of the molecule is CCN(CC(C)(C)O)C(=O)CSc1cc(C)ccc1C. The van der Waals surface area contributed by atoms with Gasteiger partial charge in [-0.15, -0.1) is 11.8 Å². The first-order valence-corrected chi connectivity index (χ1v) is 7.91. The number of benzene rings is 1. The lowest BCUT2D eigenvalue weighted by molar-refractivity contribution is -0.131. The second-order valence-electron chi connectivity index (χ2n) is 5.78. The number of rotatable bonds is 6. The fraction of sp³-hybridized carbons (Fsp3) is 0.562. The summed E-state index contributed by atoms with van der Waals surface area (Å²) in [6.07, 6.45) is 0. The molecule has 1 aromatic rings. The zero-order valence-electron chi connectivity index (χ0n) is 13.1. The van der Waals surface area contributed by atoms with Gasteiger partial charge in [-0.05, 0) is 46.2 Å². The van der Waals surface area contributed by atoms with Crippen LogP contribution < -0.4 is 0 Å². The van der Waals surface area contributed by atoms with Gasteiger partial charge in [0.25, 0.3) is 0 Å². The Morgan fingerprint density at radius 1 is 1.35 bits per heavy atom. The second kappa shape index (κ2) is 7.14. The van der Waals surface area contributed by atoms with Crippen molar-refractivity contribution in [1.29, 1.82) is 0 Å². The Morgan fingerprint density at radius 3 is 2.55 bits per heavy atom. The van der Waals surface area contributed by atoms with E-state index in [1.54, 1.807) is 30.5 Å². The summed E-state index contributed by atoms with van der Waals surface area (Å²) in [6, 6.07) is 6.27. The van der Waals surface area contributed by atoms with Gasteiger partial charge in [0.1, 0.15) is 0 Å². The molecule has 0 heterocycles. The summed E-state index contributed by atoms with van der Waals surface area (Å²) in [5.74, 6) is 0.481. The Labute approximate surface area is 126 Å². The summed E-state index contributed by atoms with van der Waals surface area (Å²) in [6.45, 7) is 10.5. The van der Waals surface area contributed by atoms with Crippen LogP contribution in [-0.4, -0.2) is 40.4 Å². The van der Waals surface area contributed by atoms with Gasteiger partial charge >= 0.3 is 0 Å². The van der Waals surface area contributed by atoms with Gasteiger partial charge in [0.2, 0.25) is 5.91 Å². The fourth-order valence-corrected chi connectivity index (χ4v) is 2.96. The van der Waals surface area contributed by atoms with Crippen molar-refractivity contribution in [2.75, 3.05) is 18.8 Å². The minimum Gasteiger partial charge on any atom is -0.389 e. The molecule has 112 valence electrons. The third-order valence-electron chi connectivity index (χ3n) is 3.01. The number of amides is 1. The van der Waals surface area contributed by atoms with Crippen LogP contribution in [0.4, 0.5) is 0 Å². The molecule has 0 bridgehead atoms. The van der Waals surface area contributed by atoms with Gasteiger partial charge < -0.3 is 10.0 Å². The van der Waals surface area contributed by atoms with E-state index >= 15 is 0 Å². The largest absolute Gasteiger partial charge is 0.389 e. The monoisotopic (exact) mass is 295 g/mol. The van der Waals surface area contributed by atoms with Gasteiger partial charge in [-0.1, -0.05) is 17.7 Å². The van der Waals surface area contributed by atoms with Gasteiger partial charge in [-0.3, -0.25) is 4.79 Å². The van der Waals surface area contributed by atoms with Crippen LogP contribution in [0.25, 0.3) is 0 Å². The third-order valence-corrected chi connectivity index (χ3v) is 4.15. The molecule has 0 aromatic heterocycles. The highest BCUT2D eigenvalue weighted by atomic mass is 32.2. The van der Waals surface area contributed by atoms with Gasteiger partial charge in [0, 0.05) is 18.0 Å². The second-order valence-corrected chi connectivity index (χ2v) is 6.80. The molecule has 0 saturated carbocycles. The van der Waals surface area contributed by atoms with Crippen LogP contribution in [-0.2, 0) is 4.79 Å². The van der Waals surface area contributed by atoms with Gasteiger partial charge in [-0.25, -0.2) is 0 Å². The average molecular weight is 295 g/mol. The van der Waals surface area contributed by atoms with Crippen LogP contribution in [0.1, 0.15) is 31.9 Å². The maximum absolute atomic E-state index is 12.2. The molecule has 1 amide bonds. The molecule has 1 N–H and O–H groups in total. The minimum absolute atomic E-state index is 0.0699. The van der Waals surface area contributed by atoms with Gasteiger partial charge in [0.15, 0.2) is 0 Å². The number of thioether (sulfide) groups is 1. The molecule has 0 aliphatic carbocycles. The molecule has 0 radical (unpaired) electrons. The van der Waals surface area contributed by atoms with Crippen molar-refractivity contribution in [1.82, 2.24) is 4.90 Å². The van der Waals surface area contributed by atoms with Crippen LogP contribution in [0.3, 0.4) is 0 Å². The number of hydrogen-bond donors (Lipinski definition) is 1. The molecule has 0 spiro atoms. The van der Waals surface area contributed by atoms with E-state index in [4.69, 9.17) is 0 Å². The van der Waals surface area contributed by atoms with Crippen LogP contribution >= 0.6 is 11.8 Å². The van der Waals surface area contributed by atoms with Crippen molar-refractivity contribution < 1.29 is 9.90 Å². The molecule has 0 atom stereocenters. The highest BCUT2D eigenvalue weighted by Crippen LogP contribution is 2.24. The van der Waals surface area contributed by atoms with E-state index < -0.39 is 5.60 Å². The summed E-state index contributed by atoms with van der Waals surface area (Å²) in [7, 11) is 0. The number of aryl methyl sites for hydroxylation is 2. The van der Waals surface area contributed by atoms with E-state index in [0.717, 1.165) is 4.90 Å². The van der Waals surface area contributed by atoms with E-state index in [2.05, 4.69) is 32.0 Å². The summed E-state index contributed by atoms with van der Waals surface area (Å²) >= 11 is 1.57. The van der Waals surface area contributed by atoms with Crippen LogP contribution in [0.5, 0.6) is 0 Å². The van der Waals surface area contributed by atoms with Crippen LogP contribution in [0.15, 0.2) is 23.1 Å². The normalized spacial score (nSPS) is 11.5. The molecule has 1 aromatic carbocycles. The first kappa shape index (κ1) is 17.1. The first-order chi connectivity index (χ1) is 9.23. The molecule has 0 fully saturated rings. The van der Waals surface area contributed by atoms with Crippen molar-refractivity contribution in [2.45, 2.75) is 45.1 Å². The number of carbonyl (C=O) groups excluding carboxylic acids is 1. The standard InChI is InChI=1S/C16H25NO2S/c1-6-17(11-16(4,5)19)15(18)10-20-14-9-12(2)7-8-13(14)3/h7-9,19H,6,10-11H2,1-5H3. The Kier molecular flexibility index (Phi) is 6.08. The van der Waals surface area contributed by atoms with Crippen molar-refractivity contribution >= 4 is 17.7 Å². The van der Waals surface area contributed by atoms with E-state index in [9.17, 15) is 9.90 Å². The lowest BCUT2D eigenvalue weighted by Gasteiger charge is -2.28. The number of aliphatic hydroxyl groups is 1. The minimum atomic E-state index is -0.852. The maximum atomic E-state index is 12.2. The predicted octanol–water partition coefficient (Wildman–Crippen LogP) is 3.01. The fourth-order valence-electron chi connectivity index (χ4n) is 1.94. The molecule has 1 rings (SSSR count). The molecule has 4 heteroatoms. The van der Waals surface area contributed by atoms with Crippen molar-refractivity contribution in [3.05, 3.63) is 29.3 Å². The van der Waals surface area contributed by atoms with Crippen molar-refractivity contribution in [3.8, 4) is 0 Å². The van der Waals surface area contributed by atoms with Gasteiger partial charge in [-0.2, -0.15) is 0 Å². The van der Waals surface area contributed by atoms with Crippen molar-refractivity contribution in [2.24, 2.45) is 0 Å². The number of carbonyl (C=O) groups is 1. The summed E-state index contributed by atoms with van der Waals surface area (Å²) in [5.41, 5.74) is 1.54. The molecule has 0 unspecified atom stereocenters. The molecule has 3 nitrogen and oxygen atoms in total. The molecule has 0 aliphatic heterocycles. The molecular weight excluding hydrogens is 270 g/mol. The summed E-state index contributed by atoms with van der Waals surface area (Å²) < 4.78 is 0. The quantitative estimate of drug-likeness (QED) is 0.820. The molecule has 0 aliphatic rings. The third kappa shape index (κ3) is 5.55. The van der Waals surface area contributed by atoms with E-state index in [-0.39, 0.29) is 5.91 Å². The van der Waals surface area contributed by atoms with Gasteiger partial charge in [0.05, 0.1) is 11.4 Å². The zero-order chi connectivity index (χ0) is 15.3. The Bertz CT molecular complexity index is 466. The van der Waals surface area contributed by atoms with Crippen molar-refractivity contribution in [3.63, 3.8) is 0 Å². The number of nitrogens with zero attached hydrogens (tertiary/aromatic N) is 1. The lowest BCUT2D eigenvalue weighted by Crippen LogP contribution is -2.42. The zero-order valence-corrected chi connectivity index (χ0v) is 13.9. The van der Waals surface area contributed by atoms with Crippen LogP contribution in [0.2, 0.25) is 0 Å². The Morgan fingerprint density at radius 2 is 2.00 bits per heavy atom. The van der Waals surface area contributed by atoms with Crippen LogP contribution in [0, 0.1) is 13.8 Å². The Balaban J connectivity index is 2.63. The molecule has 20 heavy (non-hydrogen) atoms. The predicted molar refractivity (Wildman–Crippen MR) is 85.2 cm³/mol. The Hall–Kier alpha value is -1.00. The highest BCUT2D eigenvalue weighted by Gasteiger charge is 2.21. The molecule has 0 saturated heterocycles. The van der Waals surface area contributed by atoms with E-state index in [1.807, 2.05) is 6.92 Å². The number of likely N-dealkylation sites (N-methyl/N-ethyl adjacent to an activating group) is 1. The highest BCUT2D eigenvalue weighted by molar-refractivity contribution is 8.00. The topological polar surface area (TPSA) is 40.5 Å². The lowest BCUT2D eigenvalue weighted by atomic mass is 10.1. The average Bonchev–Trinajstić information content (AvgIpc) is 2.35. The smallest absolute Gasteiger partial charge is 0.233 e. The summed E-state index contributed by atoms with van der Waals surface area (Å²) in [5, 5.41) is 9.83. The summed E-state index contributed by atoms with van der Waals surface area (Å²) in [4.78, 5) is 15.1. The first-order valence-electron chi connectivity index (χ1n) is 6.93. The molecular formula is C16H25NO2S. The van der Waals surface area contributed by atoms with E-state index in [1.165, 1.54) is 11.1 Å². The van der Waals surface area contributed by atoms with E-state index in [0.29, 0.717) is 18.8 Å². The maximum Gasteiger partial charge on any atom is 0.233 e. The number of hydrogen-bond acceptors (Lipinski definition) is 3.